The van der Waals surface area contributed by atoms with Crippen LogP contribution in [0.5, 0.6) is 0 Å². The molecule has 5 rings (SSSR count). The fourth-order valence-corrected chi connectivity index (χ4v) is 3.65. The van der Waals surface area contributed by atoms with Crippen molar-refractivity contribution >= 4 is 50.9 Å². The summed E-state index contributed by atoms with van der Waals surface area (Å²) in [6.07, 6.45) is 1.70. The molecule has 0 spiro atoms. The van der Waals surface area contributed by atoms with Crippen molar-refractivity contribution in [2.45, 2.75) is 13.5 Å². The first-order valence-corrected chi connectivity index (χ1v) is 10.3. The summed E-state index contributed by atoms with van der Waals surface area (Å²) in [6.45, 7) is 1.34. The van der Waals surface area contributed by atoms with Crippen molar-refractivity contribution in [2.24, 2.45) is 0 Å². The normalized spacial score (nSPS) is 11.1. The zero-order valence-electron chi connectivity index (χ0n) is 17.3. The monoisotopic (exact) mass is 461 g/mol. The maximum absolute atomic E-state index is 12.6. The minimum absolute atomic E-state index is 0.162. The molecule has 0 fully saturated rings. The molecule has 0 unspecified atom stereocenters. The number of aryl methyl sites for hydroxylation is 1. The number of nitrogens with zero attached hydrogens (tertiary/aromatic N) is 2. The highest BCUT2D eigenvalue weighted by atomic mass is 35.5. The van der Waals surface area contributed by atoms with Gasteiger partial charge >= 0.3 is 11.8 Å². The fraction of sp³-hybridized carbons (Fsp3) is 0.0833. The zero-order valence-corrected chi connectivity index (χ0v) is 18.1. The van der Waals surface area contributed by atoms with E-state index >= 15 is 0 Å². The number of anilines is 2. The fourth-order valence-electron chi connectivity index (χ4n) is 3.46. The third-order valence-electron chi connectivity index (χ3n) is 5.04. The molecule has 0 radical (unpaired) electrons. The summed E-state index contributed by atoms with van der Waals surface area (Å²) in [5, 5.41) is 5.49. The second-order valence-electron chi connectivity index (χ2n) is 7.24. The second-order valence-corrected chi connectivity index (χ2v) is 7.67. The number of pyridine rings is 2. The molecule has 0 aliphatic rings. The summed E-state index contributed by atoms with van der Waals surface area (Å²) in [6, 6.07) is 16.1. The SMILES string of the molecule is Cc1oc(=O)oc1COC(=O)c1ccc2c(c1)nc(Nc1cccc(Cl)c1)c1cccnc12. The Bertz CT molecular complexity index is 1570. The number of esters is 1. The Kier molecular flexibility index (Phi) is 5.27. The van der Waals surface area contributed by atoms with Gasteiger partial charge < -0.3 is 18.9 Å². The predicted molar refractivity (Wildman–Crippen MR) is 123 cm³/mol. The summed E-state index contributed by atoms with van der Waals surface area (Å²) in [7, 11) is 0. The van der Waals surface area contributed by atoms with Crippen LogP contribution in [0.3, 0.4) is 0 Å². The van der Waals surface area contributed by atoms with Gasteiger partial charge in [0.1, 0.15) is 5.82 Å². The summed E-state index contributed by atoms with van der Waals surface area (Å²) >= 11 is 6.11. The number of hydrogen-bond acceptors (Lipinski definition) is 8. The molecule has 3 aromatic heterocycles. The Morgan fingerprint density at radius 3 is 2.76 bits per heavy atom. The molecule has 2 aromatic carbocycles. The van der Waals surface area contributed by atoms with E-state index in [0.717, 1.165) is 22.0 Å². The van der Waals surface area contributed by atoms with Crippen LogP contribution in [0.25, 0.3) is 21.8 Å². The number of carbonyl (C=O) groups is 1. The highest BCUT2D eigenvalue weighted by Gasteiger charge is 2.16. The lowest BCUT2D eigenvalue weighted by Crippen LogP contribution is -2.06. The maximum atomic E-state index is 12.6. The quantitative estimate of drug-likeness (QED) is 0.274. The topological polar surface area (TPSA) is 107 Å². The van der Waals surface area contributed by atoms with E-state index in [0.29, 0.717) is 21.9 Å². The Balaban J connectivity index is 1.51. The van der Waals surface area contributed by atoms with Crippen molar-refractivity contribution in [3.63, 3.8) is 0 Å². The summed E-state index contributed by atoms with van der Waals surface area (Å²) in [4.78, 5) is 33.0. The molecule has 164 valence electrons. The van der Waals surface area contributed by atoms with Crippen molar-refractivity contribution in [1.82, 2.24) is 9.97 Å². The third kappa shape index (κ3) is 4.16. The predicted octanol–water partition coefficient (Wildman–Crippen LogP) is 5.39. The number of fused-ring (bicyclic) bond motifs is 3. The summed E-state index contributed by atoms with van der Waals surface area (Å²) in [5.41, 5.74) is 2.36. The van der Waals surface area contributed by atoms with Crippen molar-refractivity contribution in [3.8, 4) is 0 Å². The molecule has 5 aromatic rings. The standard InChI is InChI=1S/C24H16ClN3O5/c1-13-20(33-24(30)32-13)12-31-23(29)14-7-8-17-19(10-14)28-22(18-6-3-9-26-21(17)18)27-16-5-2-4-15(25)11-16/h2-11H,12H2,1H3,(H,27,28). The van der Waals surface area contributed by atoms with Gasteiger partial charge in [0.2, 0.25) is 0 Å². The van der Waals surface area contributed by atoms with Gasteiger partial charge in [-0.1, -0.05) is 17.7 Å². The number of benzene rings is 2. The van der Waals surface area contributed by atoms with Crippen molar-refractivity contribution in [1.29, 1.82) is 0 Å². The largest absolute Gasteiger partial charge is 0.519 e. The summed E-state index contributed by atoms with van der Waals surface area (Å²) in [5.74, 6) is -0.424. The molecule has 0 atom stereocenters. The van der Waals surface area contributed by atoms with Crippen LogP contribution < -0.4 is 11.1 Å². The number of carbonyl (C=O) groups excluding carboxylic acids is 1. The van der Waals surface area contributed by atoms with E-state index in [1.807, 2.05) is 24.3 Å². The molecule has 0 saturated carbocycles. The molecule has 0 bridgehead atoms. The average molecular weight is 462 g/mol. The molecule has 33 heavy (non-hydrogen) atoms. The molecular formula is C24H16ClN3O5. The van der Waals surface area contributed by atoms with Crippen LogP contribution in [0.2, 0.25) is 5.02 Å². The van der Waals surface area contributed by atoms with Crippen LogP contribution in [0.15, 0.2) is 74.4 Å². The molecule has 1 N–H and O–H groups in total. The van der Waals surface area contributed by atoms with Gasteiger partial charge in [-0.15, -0.1) is 0 Å². The maximum Gasteiger partial charge on any atom is 0.519 e. The number of rotatable bonds is 5. The molecule has 0 saturated heterocycles. The van der Waals surface area contributed by atoms with Crippen LogP contribution in [-0.2, 0) is 11.3 Å². The van der Waals surface area contributed by atoms with Gasteiger partial charge in [-0.05, 0) is 55.5 Å². The number of aromatic nitrogens is 2. The van der Waals surface area contributed by atoms with Crippen molar-refractivity contribution < 1.29 is 18.4 Å². The average Bonchev–Trinajstić information content (AvgIpc) is 3.14. The van der Waals surface area contributed by atoms with Crippen LogP contribution in [0.1, 0.15) is 21.9 Å². The molecule has 3 heterocycles. The lowest BCUT2D eigenvalue weighted by atomic mass is 10.1. The third-order valence-corrected chi connectivity index (χ3v) is 5.28. The molecule has 0 aliphatic carbocycles. The van der Waals surface area contributed by atoms with Gasteiger partial charge in [0.15, 0.2) is 18.1 Å². The van der Waals surface area contributed by atoms with Crippen molar-refractivity contribution in [2.75, 3.05) is 5.32 Å². The molecule has 9 heteroatoms. The van der Waals surface area contributed by atoms with E-state index in [1.165, 1.54) is 0 Å². The van der Waals surface area contributed by atoms with E-state index in [2.05, 4.69) is 10.3 Å². The van der Waals surface area contributed by atoms with E-state index in [4.69, 9.17) is 30.2 Å². The van der Waals surface area contributed by atoms with Gasteiger partial charge in [-0.3, -0.25) is 4.98 Å². The van der Waals surface area contributed by atoms with Gasteiger partial charge in [0.05, 0.1) is 16.6 Å². The Morgan fingerprint density at radius 1 is 1.09 bits per heavy atom. The minimum atomic E-state index is -0.840. The van der Waals surface area contributed by atoms with Crippen LogP contribution in [0.4, 0.5) is 11.5 Å². The molecule has 8 nitrogen and oxygen atoms in total. The Morgan fingerprint density at radius 2 is 1.97 bits per heavy atom. The number of ether oxygens (including phenoxy) is 1. The van der Waals surface area contributed by atoms with E-state index < -0.39 is 11.8 Å². The first kappa shape index (κ1) is 20.7. The minimum Gasteiger partial charge on any atom is -0.454 e. The lowest BCUT2D eigenvalue weighted by Gasteiger charge is -2.12. The highest BCUT2D eigenvalue weighted by Crippen LogP contribution is 2.31. The smallest absolute Gasteiger partial charge is 0.454 e. The van der Waals surface area contributed by atoms with Gasteiger partial charge in [0.25, 0.3) is 0 Å². The van der Waals surface area contributed by atoms with Crippen LogP contribution >= 0.6 is 11.6 Å². The van der Waals surface area contributed by atoms with E-state index in [1.54, 1.807) is 43.5 Å². The zero-order chi connectivity index (χ0) is 22.9. The summed E-state index contributed by atoms with van der Waals surface area (Å²) < 4.78 is 14.9. The molecule has 0 amide bonds. The number of halogens is 1. The van der Waals surface area contributed by atoms with E-state index in [-0.39, 0.29) is 18.1 Å². The van der Waals surface area contributed by atoms with Gasteiger partial charge in [-0.25, -0.2) is 14.6 Å². The van der Waals surface area contributed by atoms with E-state index in [9.17, 15) is 9.59 Å². The number of hydrogen-bond donors (Lipinski definition) is 1. The van der Waals surface area contributed by atoms with Gasteiger partial charge in [0, 0.05) is 27.7 Å². The van der Waals surface area contributed by atoms with Crippen molar-refractivity contribution in [3.05, 3.63) is 93.5 Å². The Hall–Kier alpha value is -4.17. The molecular weight excluding hydrogens is 446 g/mol. The lowest BCUT2D eigenvalue weighted by molar-refractivity contribution is 0.0443. The second kappa shape index (κ2) is 8.40. The first-order chi connectivity index (χ1) is 16.0. The first-order valence-electron chi connectivity index (χ1n) is 9.95. The number of nitrogens with one attached hydrogen (secondary N) is 1. The highest BCUT2D eigenvalue weighted by molar-refractivity contribution is 6.30. The Labute approximate surface area is 191 Å². The van der Waals surface area contributed by atoms with Crippen LogP contribution in [0, 0.1) is 6.92 Å². The molecule has 0 aliphatic heterocycles. The van der Waals surface area contributed by atoms with Crippen LogP contribution in [-0.4, -0.2) is 15.9 Å². The van der Waals surface area contributed by atoms with Gasteiger partial charge in [-0.2, -0.15) is 0 Å².